The van der Waals surface area contributed by atoms with Gasteiger partial charge in [0.2, 0.25) is 0 Å². The summed E-state index contributed by atoms with van der Waals surface area (Å²) in [5, 5.41) is 0. The number of rotatable bonds is 1. The smallest absolute Gasteiger partial charge is 0.156 e. The highest BCUT2D eigenvalue weighted by Gasteiger charge is 2.59. The third-order valence-electron chi connectivity index (χ3n) is 8.32. The molecule has 0 aliphatic heterocycles. The van der Waals surface area contributed by atoms with Gasteiger partial charge in [0.15, 0.2) is 5.78 Å². The van der Waals surface area contributed by atoms with Crippen LogP contribution in [0.5, 0.6) is 0 Å². The summed E-state index contributed by atoms with van der Waals surface area (Å²) in [5.74, 6) is 2.82. The van der Waals surface area contributed by atoms with E-state index >= 15 is 0 Å². The SMILES string of the molecule is CC(=O)C1CC[C@H]2[C@@H]3C=C(C)C4=CC(=O)CC[C@]4(C)[C@H]3CC[C@]12C. The molecule has 0 amide bonds. The number of carbonyl (C=O) groups is 2. The minimum Gasteiger partial charge on any atom is -0.300 e. The third kappa shape index (κ3) is 2.01. The van der Waals surface area contributed by atoms with E-state index in [1.807, 2.05) is 6.08 Å². The van der Waals surface area contributed by atoms with Crippen molar-refractivity contribution < 1.29 is 9.59 Å². The first-order chi connectivity index (χ1) is 11.3. The molecule has 0 saturated heterocycles. The van der Waals surface area contributed by atoms with Gasteiger partial charge in [0, 0.05) is 12.3 Å². The van der Waals surface area contributed by atoms with Crippen LogP contribution in [0.15, 0.2) is 23.3 Å². The highest BCUT2D eigenvalue weighted by molar-refractivity contribution is 5.92. The maximum Gasteiger partial charge on any atom is 0.156 e. The summed E-state index contributed by atoms with van der Waals surface area (Å²) in [6.45, 7) is 8.78. The molecule has 4 aliphatic rings. The van der Waals surface area contributed by atoms with Gasteiger partial charge in [-0.3, -0.25) is 9.59 Å². The minimum absolute atomic E-state index is 0.160. The molecule has 0 radical (unpaired) electrons. The standard InChI is InChI=1S/C22H30O2/c1-13-11-16-18-6-5-17(14(2)23)21(18,3)10-8-19(16)22(4)9-7-15(24)12-20(13)22/h11-12,16-19H,5-10H2,1-4H3/t16-,17?,18-,19-,21+,22+/m0/s1. The molecule has 2 saturated carbocycles. The Balaban J connectivity index is 1.77. The predicted octanol–water partition coefficient (Wildman–Crippen LogP) is 4.89. The van der Waals surface area contributed by atoms with Gasteiger partial charge < -0.3 is 0 Å². The van der Waals surface area contributed by atoms with Gasteiger partial charge in [-0.15, -0.1) is 0 Å². The molecule has 130 valence electrons. The molecule has 4 rings (SSSR count). The summed E-state index contributed by atoms with van der Waals surface area (Å²) in [7, 11) is 0. The second kappa shape index (κ2) is 5.16. The molecule has 2 fully saturated rings. The number of ketones is 2. The predicted molar refractivity (Wildman–Crippen MR) is 95.4 cm³/mol. The van der Waals surface area contributed by atoms with Crippen LogP contribution in [0.2, 0.25) is 0 Å². The zero-order chi connectivity index (χ0) is 17.3. The molecule has 0 N–H and O–H groups in total. The van der Waals surface area contributed by atoms with Crippen LogP contribution >= 0.6 is 0 Å². The van der Waals surface area contributed by atoms with E-state index in [2.05, 4.69) is 26.8 Å². The van der Waals surface area contributed by atoms with Crippen LogP contribution in [0, 0.1) is 34.5 Å². The molecule has 2 heteroatoms. The van der Waals surface area contributed by atoms with Crippen molar-refractivity contribution in [1.82, 2.24) is 0 Å². The molecule has 0 heterocycles. The quantitative estimate of drug-likeness (QED) is 0.687. The van der Waals surface area contributed by atoms with Crippen molar-refractivity contribution in [2.45, 2.75) is 66.2 Å². The van der Waals surface area contributed by atoms with Crippen LogP contribution in [-0.2, 0) is 9.59 Å². The van der Waals surface area contributed by atoms with E-state index in [-0.39, 0.29) is 16.7 Å². The molecule has 1 unspecified atom stereocenters. The first-order valence-corrected chi connectivity index (χ1v) is 9.71. The Morgan fingerprint density at radius 2 is 1.88 bits per heavy atom. The van der Waals surface area contributed by atoms with Crippen LogP contribution in [0.1, 0.15) is 66.2 Å². The second-order valence-corrected chi connectivity index (χ2v) is 9.37. The maximum absolute atomic E-state index is 12.2. The minimum atomic E-state index is 0.160. The van der Waals surface area contributed by atoms with Crippen molar-refractivity contribution in [3.05, 3.63) is 23.3 Å². The Labute approximate surface area is 145 Å². The highest BCUT2D eigenvalue weighted by atomic mass is 16.1. The normalized spacial score (nSPS) is 47.2. The molecule has 0 aromatic carbocycles. The van der Waals surface area contributed by atoms with Crippen molar-refractivity contribution in [2.24, 2.45) is 34.5 Å². The van der Waals surface area contributed by atoms with Crippen molar-refractivity contribution in [3.63, 3.8) is 0 Å². The second-order valence-electron chi connectivity index (χ2n) is 9.37. The summed E-state index contributed by atoms with van der Waals surface area (Å²) in [6, 6.07) is 0. The van der Waals surface area contributed by atoms with E-state index < -0.39 is 0 Å². The largest absolute Gasteiger partial charge is 0.300 e. The molecule has 2 nitrogen and oxygen atoms in total. The number of fused-ring (bicyclic) bond motifs is 5. The fraction of sp³-hybridized carbons (Fsp3) is 0.727. The zero-order valence-corrected chi connectivity index (χ0v) is 15.5. The fourth-order valence-corrected chi connectivity index (χ4v) is 7.08. The van der Waals surface area contributed by atoms with Crippen LogP contribution in [0.3, 0.4) is 0 Å². The van der Waals surface area contributed by atoms with Crippen molar-refractivity contribution in [2.75, 3.05) is 0 Å². The van der Waals surface area contributed by atoms with Crippen LogP contribution in [0.4, 0.5) is 0 Å². The number of hydrogen-bond acceptors (Lipinski definition) is 2. The molecule has 6 atom stereocenters. The number of hydrogen-bond donors (Lipinski definition) is 0. The fourth-order valence-electron chi connectivity index (χ4n) is 7.08. The van der Waals surface area contributed by atoms with Gasteiger partial charge in [-0.1, -0.05) is 25.5 Å². The van der Waals surface area contributed by atoms with Gasteiger partial charge in [0.25, 0.3) is 0 Å². The van der Waals surface area contributed by atoms with Crippen LogP contribution in [0.25, 0.3) is 0 Å². The third-order valence-corrected chi connectivity index (χ3v) is 8.32. The monoisotopic (exact) mass is 326 g/mol. The lowest BCUT2D eigenvalue weighted by Gasteiger charge is -2.56. The molecular weight excluding hydrogens is 296 g/mol. The first-order valence-electron chi connectivity index (χ1n) is 9.71. The van der Waals surface area contributed by atoms with Gasteiger partial charge in [-0.2, -0.15) is 0 Å². The topological polar surface area (TPSA) is 34.1 Å². The average Bonchev–Trinajstić information content (AvgIpc) is 2.87. The Morgan fingerprint density at radius 1 is 1.12 bits per heavy atom. The molecule has 0 spiro atoms. The Hall–Kier alpha value is -1.18. The Kier molecular flexibility index (Phi) is 3.50. The van der Waals surface area contributed by atoms with Gasteiger partial charge in [0.05, 0.1) is 0 Å². The van der Waals surface area contributed by atoms with Gasteiger partial charge in [-0.25, -0.2) is 0 Å². The van der Waals surface area contributed by atoms with E-state index in [1.54, 1.807) is 6.92 Å². The van der Waals surface area contributed by atoms with Gasteiger partial charge >= 0.3 is 0 Å². The lowest BCUT2D eigenvalue weighted by atomic mass is 9.47. The summed E-state index contributed by atoms with van der Waals surface area (Å²) in [6.07, 6.45) is 10.8. The van der Waals surface area contributed by atoms with Crippen LogP contribution in [-0.4, -0.2) is 11.6 Å². The first kappa shape index (κ1) is 16.3. The van der Waals surface area contributed by atoms with E-state index in [1.165, 1.54) is 30.4 Å². The zero-order valence-electron chi connectivity index (χ0n) is 15.5. The lowest BCUT2D eigenvalue weighted by molar-refractivity contribution is -0.127. The van der Waals surface area contributed by atoms with Crippen molar-refractivity contribution in [3.8, 4) is 0 Å². The molecule has 0 bridgehead atoms. The molecule has 4 aliphatic carbocycles. The molecule has 24 heavy (non-hydrogen) atoms. The van der Waals surface area contributed by atoms with E-state index in [0.717, 1.165) is 12.8 Å². The summed E-state index contributed by atoms with van der Waals surface area (Å²) in [4.78, 5) is 24.2. The average molecular weight is 326 g/mol. The lowest BCUT2D eigenvalue weighted by Crippen LogP contribution is -2.50. The van der Waals surface area contributed by atoms with Crippen LogP contribution < -0.4 is 0 Å². The van der Waals surface area contributed by atoms with Crippen molar-refractivity contribution in [1.29, 1.82) is 0 Å². The molecule has 0 aromatic heterocycles. The summed E-state index contributed by atoms with van der Waals surface area (Å²) >= 11 is 0. The van der Waals surface area contributed by atoms with Gasteiger partial charge in [0.1, 0.15) is 5.78 Å². The summed E-state index contributed by atoms with van der Waals surface area (Å²) < 4.78 is 0. The number of Topliss-reactive ketones (excluding diaryl/α,β-unsaturated/α-hetero) is 1. The molecule has 0 aromatic rings. The van der Waals surface area contributed by atoms with Gasteiger partial charge in [-0.05, 0) is 86.2 Å². The number of carbonyl (C=O) groups excluding carboxylic acids is 2. The van der Waals surface area contributed by atoms with E-state index in [9.17, 15) is 9.59 Å². The Bertz CT molecular complexity index is 669. The van der Waals surface area contributed by atoms with E-state index in [4.69, 9.17) is 0 Å². The number of allylic oxidation sites excluding steroid dienone is 4. The Morgan fingerprint density at radius 3 is 2.58 bits per heavy atom. The van der Waals surface area contributed by atoms with E-state index in [0.29, 0.717) is 35.7 Å². The highest BCUT2D eigenvalue weighted by Crippen LogP contribution is 2.66. The maximum atomic E-state index is 12.2. The van der Waals surface area contributed by atoms with Crippen molar-refractivity contribution >= 4 is 11.6 Å². The molecular formula is C22H30O2. The summed E-state index contributed by atoms with van der Waals surface area (Å²) in [5.41, 5.74) is 2.98.